The maximum absolute atomic E-state index is 16.0. The number of nitrogens with two attached hydrogens (primary N) is 1. The Hall–Kier alpha value is -3.23. The highest BCUT2D eigenvalue weighted by molar-refractivity contribution is 8.07. The SMILES string of the molecule is COC1OCC[C@H]2[C@H](F)[C@H](n3cnc4c(=O)[nH]cnc43)O[C@@H]2COP(O)(=S)O[C@@H](n2cnc3c(=O)[nH]c(N)nc32)[C@@H]1F. The van der Waals surface area contributed by atoms with Crippen LogP contribution >= 0.6 is 6.72 Å². The fourth-order valence-electron chi connectivity index (χ4n) is 5.02. The van der Waals surface area contributed by atoms with E-state index in [1.54, 1.807) is 0 Å². The van der Waals surface area contributed by atoms with Crippen LogP contribution in [0.1, 0.15) is 18.9 Å². The smallest absolute Gasteiger partial charge is 0.326 e. The predicted molar refractivity (Wildman–Crippen MR) is 142 cm³/mol. The number of imidazole rings is 2. The lowest BCUT2D eigenvalue weighted by molar-refractivity contribution is -0.192. The van der Waals surface area contributed by atoms with Gasteiger partial charge in [0.15, 0.2) is 53.4 Å². The lowest BCUT2D eigenvalue weighted by atomic mass is 9.96. The summed E-state index contributed by atoms with van der Waals surface area (Å²) in [5, 5.41) is 0. The summed E-state index contributed by atoms with van der Waals surface area (Å²) in [6.07, 6.45) is -6.06. The second-order valence-corrected chi connectivity index (χ2v) is 12.3. The van der Waals surface area contributed by atoms with Crippen molar-refractivity contribution in [3.05, 3.63) is 39.7 Å². The summed E-state index contributed by atoms with van der Waals surface area (Å²) in [7, 11) is 1.17. The number of alkyl halides is 2. The molecule has 17 nitrogen and oxygen atoms in total. The van der Waals surface area contributed by atoms with Crippen molar-refractivity contribution in [1.29, 1.82) is 0 Å². The van der Waals surface area contributed by atoms with Crippen LogP contribution in [0.5, 0.6) is 0 Å². The number of halogens is 2. The number of hydrogen-bond acceptors (Lipinski definition) is 13. The molecule has 0 aromatic carbocycles. The minimum Gasteiger partial charge on any atom is -0.369 e. The van der Waals surface area contributed by atoms with Gasteiger partial charge in [0.2, 0.25) is 5.95 Å². The first kappa shape index (κ1) is 28.9. The summed E-state index contributed by atoms with van der Waals surface area (Å²) in [4.78, 5) is 56.0. The number of nitrogens with zero attached hydrogens (tertiary/aromatic N) is 6. The van der Waals surface area contributed by atoms with Gasteiger partial charge >= 0.3 is 6.72 Å². The van der Waals surface area contributed by atoms with Gasteiger partial charge in [-0.15, -0.1) is 0 Å². The van der Waals surface area contributed by atoms with Crippen LogP contribution in [0.15, 0.2) is 28.6 Å². The Kier molecular flexibility index (Phi) is 7.64. The molecule has 4 aromatic rings. The molecule has 0 amide bonds. The van der Waals surface area contributed by atoms with Gasteiger partial charge in [-0.2, -0.15) is 4.98 Å². The molecule has 0 radical (unpaired) electrons. The van der Waals surface area contributed by atoms with Crippen molar-refractivity contribution < 1.29 is 36.9 Å². The first-order valence-corrected chi connectivity index (χ1v) is 15.0. The Morgan fingerprint density at radius 1 is 1.12 bits per heavy atom. The molecule has 2 unspecified atom stereocenters. The fourth-order valence-corrected chi connectivity index (χ4v) is 6.35. The second kappa shape index (κ2) is 11.1. The monoisotopic (exact) mass is 631 g/mol. The number of rotatable bonds is 3. The van der Waals surface area contributed by atoms with Gasteiger partial charge in [-0.3, -0.25) is 28.2 Å². The summed E-state index contributed by atoms with van der Waals surface area (Å²) < 4.78 is 62.1. The zero-order valence-corrected chi connectivity index (χ0v) is 23.3. The minimum atomic E-state index is -4.30. The molecule has 0 aliphatic carbocycles. The van der Waals surface area contributed by atoms with Crippen molar-refractivity contribution in [2.45, 2.75) is 43.6 Å². The summed E-state index contributed by atoms with van der Waals surface area (Å²) >= 11 is 5.17. The van der Waals surface area contributed by atoms with E-state index in [0.29, 0.717) is 0 Å². The molecule has 226 valence electrons. The Balaban J connectivity index is 1.32. The molecular formula is C21H24F2N9O8PS. The summed E-state index contributed by atoms with van der Waals surface area (Å²) in [6.45, 7) is -4.92. The lowest BCUT2D eigenvalue weighted by Gasteiger charge is -2.32. The molecule has 0 bridgehead atoms. The fraction of sp³-hybridized carbons (Fsp3) is 0.524. The molecule has 8 atom stereocenters. The van der Waals surface area contributed by atoms with Crippen molar-refractivity contribution in [3.63, 3.8) is 0 Å². The van der Waals surface area contributed by atoms with Crippen molar-refractivity contribution >= 4 is 46.8 Å². The van der Waals surface area contributed by atoms with Crippen LogP contribution < -0.4 is 16.9 Å². The zero-order chi connectivity index (χ0) is 29.8. The molecule has 4 aromatic heterocycles. The standard InChI is InChI=1S/C21H24F2N9O8PS/c1-36-20-11(23)19(32-7-28-13-15(32)29-21(24)30-17(13)34)40-41(35,42)38-4-9-8(2-3-37-20)10(22)18(39-9)31-6-27-12-14(31)25-5-26-16(12)33/h5-11,18-20H,2-4H2,1H3,(H,35,42)(H,25,26,33)(H3,24,29,30,34)/t8-,9-,10+,11+,18-,19-,20?,41?/m1/s1. The van der Waals surface area contributed by atoms with E-state index in [9.17, 15) is 14.5 Å². The largest absolute Gasteiger partial charge is 0.369 e. The van der Waals surface area contributed by atoms with Crippen LogP contribution in [0.3, 0.4) is 0 Å². The molecule has 6 rings (SSSR count). The number of H-pyrrole nitrogens is 2. The van der Waals surface area contributed by atoms with E-state index in [1.807, 2.05) is 0 Å². The highest BCUT2D eigenvalue weighted by Gasteiger charge is 2.48. The molecule has 0 saturated carbocycles. The molecule has 2 saturated heterocycles. The van der Waals surface area contributed by atoms with Gasteiger partial charge in [-0.05, 0) is 18.2 Å². The number of ether oxygens (including phenoxy) is 3. The maximum atomic E-state index is 16.0. The van der Waals surface area contributed by atoms with E-state index in [0.717, 1.165) is 17.2 Å². The molecule has 2 aliphatic heterocycles. The Bertz CT molecular complexity index is 1780. The summed E-state index contributed by atoms with van der Waals surface area (Å²) in [5.74, 6) is -1.16. The molecule has 2 fully saturated rings. The van der Waals surface area contributed by atoms with Gasteiger partial charge < -0.3 is 34.3 Å². The normalized spacial score (nSPS) is 32.9. The Labute approximate surface area is 238 Å². The quantitative estimate of drug-likeness (QED) is 0.222. The lowest BCUT2D eigenvalue weighted by Crippen LogP contribution is -2.38. The van der Waals surface area contributed by atoms with Gasteiger partial charge in [0, 0.05) is 13.0 Å². The Morgan fingerprint density at radius 3 is 2.57 bits per heavy atom. The highest BCUT2D eigenvalue weighted by atomic mass is 32.5. The van der Waals surface area contributed by atoms with E-state index < -0.39 is 67.6 Å². The van der Waals surface area contributed by atoms with Gasteiger partial charge in [0.25, 0.3) is 11.1 Å². The molecule has 42 heavy (non-hydrogen) atoms. The van der Waals surface area contributed by atoms with Crippen molar-refractivity contribution in [2.24, 2.45) is 5.92 Å². The van der Waals surface area contributed by atoms with E-state index in [2.05, 4.69) is 29.9 Å². The third-order valence-corrected chi connectivity index (χ3v) is 8.51. The predicted octanol–water partition coefficient (Wildman–Crippen LogP) is 0.166. The molecular weight excluding hydrogens is 607 g/mol. The van der Waals surface area contributed by atoms with E-state index in [-0.39, 0.29) is 41.3 Å². The second-order valence-electron chi connectivity index (χ2n) is 9.47. The van der Waals surface area contributed by atoms with E-state index in [4.69, 9.17) is 40.8 Å². The number of hydrogen-bond donors (Lipinski definition) is 4. The number of nitrogen functional groups attached to an aromatic ring is 1. The molecule has 5 N–H and O–H groups in total. The Morgan fingerprint density at radius 2 is 1.83 bits per heavy atom. The van der Waals surface area contributed by atoms with Crippen LogP contribution in [0.2, 0.25) is 0 Å². The number of nitrogens with one attached hydrogen (secondary N) is 2. The maximum Gasteiger partial charge on any atom is 0.326 e. The average molecular weight is 632 g/mol. The first-order valence-electron chi connectivity index (χ1n) is 12.4. The van der Waals surface area contributed by atoms with Gasteiger partial charge in [0.05, 0.1) is 38.3 Å². The summed E-state index contributed by atoms with van der Waals surface area (Å²) in [6, 6.07) is 0. The van der Waals surface area contributed by atoms with Crippen LogP contribution in [0, 0.1) is 5.92 Å². The zero-order valence-electron chi connectivity index (χ0n) is 21.6. The van der Waals surface area contributed by atoms with Gasteiger partial charge in [-0.25, -0.2) is 23.7 Å². The molecule has 2 aliphatic rings. The van der Waals surface area contributed by atoms with Gasteiger partial charge in [-0.1, -0.05) is 0 Å². The first-order chi connectivity index (χ1) is 20.1. The average Bonchev–Trinajstić information content (AvgIpc) is 3.64. The molecule has 0 spiro atoms. The molecule has 6 heterocycles. The number of methoxy groups -OCH3 is 1. The van der Waals surface area contributed by atoms with Crippen LogP contribution in [0.25, 0.3) is 22.3 Å². The molecule has 21 heteroatoms. The number of aromatic amines is 2. The van der Waals surface area contributed by atoms with Crippen molar-refractivity contribution in [3.8, 4) is 0 Å². The van der Waals surface area contributed by atoms with Gasteiger partial charge in [0.1, 0.15) is 0 Å². The van der Waals surface area contributed by atoms with E-state index >= 15 is 8.78 Å². The number of anilines is 1. The topological polar surface area (TPSA) is 220 Å². The van der Waals surface area contributed by atoms with Crippen LogP contribution in [-0.4, -0.2) is 89.0 Å². The third kappa shape index (κ3) is 5.13. The van der Waals surface area contributed by atoms with Crippen molar-refractivity contribution in [1.82, 2.24) is 39.0 Å². The number of fused-ring (bicyclic) bond motifs is 3. The summed E-state index contributed by atoms with van der Waals surface area (Å²) in [5.41, 5.74) is 4.20. The van der Waals surface area contributed by atoms with Crippen LogP contribution in [-0.2, 0) is 35.1 Å². The third-order valence-electron chi connectivity index (χ3n) is 6.98. The van der Waals surface area contributed by atoms with Crippen LogP contribution in [0.4, 0.5) is 14.7 Å². The van der Waals surface area contributed by atoms with E-state index in [1.165, 1.54) is 18.0 Å². The highest BCUT2D eigenvalue weighted by Crippen LogP contribution is 2.51. The number of aromatic nitrogens is 8. The minimum absolute atomic E-state index is 0.00809. The van der Waals surface area contributed by atoms with Crippen molar-refractivity contribution in [2.75, 3.05) is 26.1 Å².